The Bertz CT molecular complexity index is 904. The number of fused-ring (bicyclic) bond motifs is 1. The summed E-state index contributed by atoms with van der Waals surface area (Å²) in [6.07, 6.45) is 1.57. The lowest BCUT2D eigenvalue weighted by atomic mass is 10.2. The van der Waals surface area contributed by atoms with Gasteiger partial charge >= 0.3 is 0 Å². The number of nitrogens with zero attached hydrogens (tertiary/aromatic N) is 2. The minimum absolute atomic E-state index is 0.173. The van der Waals surface area contributed by atoms with Crippen LogP contribution in [0, 0.1) is 0 Å². The fourth-order valence-corrected chi connectivity index (χ4v) is 2.04. The van der Waals surface area contributed by atoms with Gasteiger partial charge in [0.15, 0.2) is 5.69 Å². The molecule has 0 bridgehead atoms. The Hall–Kier alpha value is -3.22. The number of hydrogen-bond acceptors (Lipinski definition) is 5. The second-order valence-corrected chi connectivity index (χ2v) is 4.66. The first-order chi connectivity index (χ1) is 10.6. The molecule has 110 valence electrons. The van der Waals surface area contributed by atoms with Crippen molar-refractivity contribution in [1.82, 2.24) is 20.3 Å². The lowest BCUT2D eigenvalue weighted by Crippen LogP contribution is -2.31. The van der Waals surface area contributed by atoms with Crippen LogP contribution < -0.4 is 16.6 Å². The fourth-order valence-electron chi connectivity index (χ4n) is 2.04. The van der Waals surface area contributed by atoms with E-state index in [1.54, 1.807) is 42.6 Å². The smallest absolute Gasteiger partial charge is 0.280 e. The van der Waals surface area contributed by atoms with E-state index in [0.29, 0.717) is 22.4 Å². The monoisotopic (exact) mass is 295 g/mol. The molecule has 7 heteroatoms. The molecule has 0 saturated heterocycles. The molecule has 0 spiro atoms. The number of aromatic amines is 1. The predicted molar refractivity (Wildman–Crippen MR) is 82.2 cm³/mol. The molecule has 7 nitrogen and oxygen atoms in total. The molecule has 0 atom stereocenters. The van der Waals surface area contributed by atoms with Crippen LogP contribution in [0.15, 0.2) is 47.4 Å². The molecule has 0 radical (unpaired) electrons. The number of nitrogens with two attached hydrogens (primary N) is 1. The first-order valence-corrected chi connectivity index (χ1v) is 6.62. The zero-order valence-corrected chi connectivity index (χ0v) is 11.5. The van der Waals surface area contributed by atoms with E-state index < -0.39 is 11.5 Å². The third-order valence-corrected chi connectivity index (χ3v) is 3.18. The summed E-state index contributed by atoms with van der Waals surface area (Å²) in [5.41, 5.74) is 6.80. The SMILES string of the molecule is Nc1ncccc1CNC(=O)c1nc2ccccc2[nH]c1=O. The Morgan fingerprint density at radius 2 is 2.05 bits per heavy atom. The van der Waals surface area contributed by atoms with Gasteiger partial charge < -0.3 is 16.0 Å². The lowest BCUT2D eigenvalue weighted by molar-refractivity contribution is 0.0944. The molecule has 3 rings (SSSR count). The van der Waals surface area contributed by atoms with Crippen LogP contribution >= 0.6 is 0 Å². The third kappa shape index (κ3) is 2.64. The number of benzene rings is 1. The van der Waals surface area contributed by atoms with Gasteiger partial charge in [0.25, 0.3) is 11.5 Å². The molecular weight excluding hydrogens is 282 g/mol. The summed E-state index contributed by atoms with van der Waals surface area (Å²) < 4.78 is 0. The van der Waals surface area contributed by atoms with Crippen molar-refractivity contribution >= 4 is 22.8 Å². The summed E-state index contributed by atoms with van der Waals surface area (Å²) in [6, 6.07) is 10.5. The number of rotatable bonds is 3. The Morgan fingerprint density at radius 1 is 1.23 bits per heavy atom. The van der Waals surface area contributed by atoms with Gasteiger partial charge in [-0.25, -0.2) is 9.97 Å². The number of amides is 1. The topological polar surface area (TPSA) is 114 Å². The lowest BCUT2D eigenvalue weighted by Gasteiger charge is -2.06. The minimum atomic E-state index is -0.560. The van der Waals surface area contributed by atoms with Crippen molar-refractivity contribution in [2.75, 3.05) is 5.73 Å². The quantitative estimate of drug-likeness (QED) is 0.662. The standard InChI is InChI=1S/C15H13N5O2/c16-13-9(4-3-7-17-13)8-18-14(21)12-15(22)20-11-6-2-1-5-10(11)19-12/h1-7H,8H2,(H2,16,17)(H,18,21)(H,20,22). The van der Waals surface area contributed by atoms with E-state index in [4.69, 9.17) is 5.73 Å². The highest BCUT2D eigenvalue weighted by Gasteiger charge is 2.14. The van der Waals surface area contributed by atoms with Crippen molar-refractivity contribution in [3.8, 4) is 0 Å². The molecule has 2 aromatic heterocycles. The predicted octanol–water partition coefficient (Wildman–Crippen LogP) is 0.830. The van der Waals surface area contributed by atoms with Crippen LogP contribution in [-0.4, -0.2) is 20.9 Å². The Kier molecular flexibility index (Phi) is 3.53. The van der Waals surface area contributed by atoms with E-state index in [2.05, 4.69) is 20.3 Å². The molecule has 4 N–H and O–H groups in total. The molecule has 0 aliphatic rings. The molecule has 0 aliphatic carbocycles. The minimum Gasteiger partial charge on any atom is -0.383 e. The molecule has 2 heterocycles. The van der Waals surface area contributed by atoms with E-state index in [0.717, 1.165) is 0 Å². The highest BCUT2D eigenvalue weighted by Crippen LogP contribution is 2.08. The number of carbonyl (C=O) groups is 1. The van der Waals surface area contributed by atoms with Gasteiger partial charge in [-0.1, -0.05) is 18.2 Å². The largest absolute Gasteiger partial charge is 0.383 e. The Labute approximate surface area is 125 Å². The number of hydrogen-bond donors (Lipinski definition) is 3. The van der Waals surface area contributed by atoms with Crippen molar-refractivity contribution in [1.29, 1.82) is 0 Å². The van der Waals surface area contributed by atoms with Gasteiger partial charge in [0.1, 0.15) is 5.82 Å². The number of aromatic nitrogens is 3. The highest BCUT2D eigenvalue weighted by molar-refractivity contribution is 5.93. The average molecular weight is 295 g/mol. The maximum Gasteiger partial charge on any atom is 0.280 e. The molecule has 0 fully saturated rings. The average Bonchev–Trinajstić information content (AvgIpc) is 2.53. The van der Waals surface area contributed by atoms with Gasteiger partial charge in [-0.15, -0.1) is 0 Å². The van der Waals surface area contributed by atoms with E-state index in [1.165, 1.54) is 0 Å². The van der Waals surface area contributed by atoms with Crippen LogP contribution in [0.2, 0.25) is 0 Å². The summed E-state index contributed by atoms with van der Waals surface area (Å²) in [5.74, 6) is -0.224. The second-order valence-electron chi connectivity index (χ2n) is 4.66. The van der Waals surface area contributed by atoms with Gasteiger partial charge in [0, 0.05) is 18.3 Å². The van der Waals surface area contributed by atoms with Crippen LogP contribution in [0.3, 0.4) is 0 Å². The number of anilines is 1. The van der Waals surface area contributed by atoms with Gasteiger partial charge in [-0.3, -0.25) is 9.59 Å². The summed E-state index contributed by atoms with van der Waals surface area (Å²) >= 11 is 0. The summed E-state index contributed by atoms with van der Waals surface area (Å²) in [5, 5.41) is 2.62. The van der Waals surface area contributed by atoms with E-state index in [1.807, 2.05) is 0 Å². The molecule has 1 aromatic carbocycles. The number of para-hydroxylation sites is 2. The van der Waals surface area contributed by atoms with Crippen molar-refractivity contribution in [2.45, 2.75) is 6.54 Å². The molecular formula is C15H13N5O2. The number of carbonyl (C=O) groups excluding carboxylic acids is 1. The second kappa shape index (κ2) is 5.65. The number of H-pyrrole nitrogens is 1. The van der Waals surface area contributed by atoms with Crippen molar-refractivity contribution < 1.29 is 4.79 Å². The van der Waals surface area contributed by atoms with Crippen LogP contribution in [0.4, 0.5) is 5.82 Å². The van der Waals surface area contributed by atoms with Gasteiger partial charge in [0.2, 0.25) is 0 Å². The zero-order valence-electron chi connectivity index (χ0n) is 11.5. The van der Waals surface area contributed by atoms with E-state index >= 15 is 0 Å². The van der Waals surface area contributed by atoms with Crippen molar-refractivity contribution in [3.05, 3.63) is 64.2 Å². The van der Waals surface area contributed by atoms with E-state index in [9.17, 15) is 9.59 Å². The normalized spacial score (nSPS) is 10.5. The molecule has 0 unspecified atom stereocenters. The Balaban J connectivity index is 1.85. The van der Waals surface area contributed by atoms with Crippen LogP contribution in [0.5, 0.6) is 0 Å². The van der Waals surface area contributed by atoms with Crippen molar-refractivity contribution in [2.24, 2.45) is 0 Å². The fraction of sp³-hybridized carbons (Fsp3) is 0.0667. The maximum absolute atomic E-state index is 12.1. The number of pyridine rings is 1. The molecule has 3 aromatic rings. The molecule has 22 heavy (non-hydrogen) atoms. The first kappa shape index (κ1) is 13.7. The van der Waals surface area contributed by atoms with Crippen LogP contribution in [0.1, 0.15) is 16.1 Å². The van der Waals surface area contributed by atoms with E-state index in [-0.39, 0.29) is 12.2 Å². The van der Waals surface area contributed by atoms with Crippen LogP contribution in [-0.2, 0) is 6.54 Å². The van der Waals surface area contributed by atoms with Gasteiger partial charge in [0.05, 0.1) is 11.0 Å². The Morgan fingerprint density at radius 3 is 2.86 bits per heavy atom. The maximum atomic E-state index is 12.1. The van der Waals surface area contributed by atoms with Crippen molar-refractivity contribution in [3.63, 3.8) is 0 Å². The van der Waals surface area contributed by atoms with Crippen LogP contribution in [0.25, 0.3) is 11.0 Å². The third-order valence-electron chi connectivity index (χ3n) is 3.18. The first-order valence-electron chi connectivity index (χ1n) is 6.62. The summed E-state index contributed by atoms with van der Waals surface area (Å²) in [7, 11) is 0. The zero-order chi connectivity index (χ0) is 15.5. The summed E-state index contributed by atoms with van der Waals surface area (Å²) in [6.45, 7) is 0.173. The molecule has 1 amide bonds. The highest BCUT2D eigenvalue weighted by atomic mass is 16.2. The number of nitrogens with one attached hydrogen (secondary N) is 2. The van der Waals surface area contributed by atoms with Gasteiger partial charge in [-0.05, 0) is 18.2 Å². The molecule has 0 aliphatic heterocycles. The number of nitrogen functional groups attached to an aromatic ring is 1. The van der Waals surface area contributed by atoms with Gasteiger partial charge in [-0.2, -0.15) is 0 Å². The molecule has 0 saturated carbocycles. The summed E-state index contributed by atoms with van der Waals surface area (Å²) in [4.78, 5) is 34.7.